The summed E-state index contributed by atoms with van der Waals surface area (Å²) in [5, 5.41) is 11.6. The molecule has 0 aliphatic carbocycles. The number of thioether (sulfide) groups is 1. The number of benzene rings is 1. The van der Waals surface area contributed by atoms with Crippen LogP contribution in [-0.4, -0.2) is 42.1 Å². The lowest BCUT2D eigenvalue weighted by Gasteiger charge is -2.14. The SMILES string of the molecule is COc1cc(C(=O)N[C@H](CCSC)C(=O)O)ccc1C. The van der Waals surface area contributed by atoms with Crippen LogP contribution in [0.5, 0.6) is 5.75 Å². The number of methoxy groups -OCH3 is 1. The Labute approximate surface area is 122 Å². The molecule has 0 saturated carbocycles. The summed E-state index contributed by atoms with van der Waals surface area (Å²) in [5.74, 6) is -0.147. The first kappa shape index (κ1) is 16.4. The fourth-order valence-electron chi connectivity index (χ4n) is 1.70. The minimum Gasteiger partial charge on any atom is -0.496 e. The van der Waals surface area contributed by atoms with Gasteiger partial charge in [0, 0.05) is 5.56 Å². The average molecular weight is 297 g/mol. The van der Waals surface area contributed by atoms with Crippen molar-refractivity contribution in [3.05, 3.63) is 29.3 Å². The number of carboxylic acid groups (broad SMARTS) is 1. The van der Waals surface area contributed by atoms with Crippen molar-refractivity contribution in [3.8, 4) is 5.75 Å². The van der Waals surface area contributed by atoms with Crippen molar-refractivity contribution in [1.82, 2.24) is 5.32 Å². The molecule has 0 aliphatic rings. The van der Waals surface area contributed by atoms with Gasteiger partial charge in [0.2, 0.25) is 0 Å². The van der Waals surface area contributed by atoms with Crippen molar-refractivity contribution in [3.63, 3.8) is 0 Å². The first-order valence-corrected chi connectivity index (χ1v) is 7.56. The van der Waals surface area contributed by atoms with Crippen LogP contribution in [0, 0.1) is 6.92 Å². The molecule has 0 saturated heterocycles. The Kier molecular flexibility index (Phi) is 6.38. The number of carbonyl (C=O) groups is 2. The molecule has 1 aromatic rings. The van der Waals surface area contributed by atoms with E-state index in [9.17, 15) is 9.59 Å². The zero-order valence-electron chi connectivity index (χ0n) is 11.8. The number of aliphatic carboxylic acids is 1. The summed E-state index contributed by atoms with van der Waals surface area (Å²) >= 11 is 1.54. The lowest BCUT2D eigenvalue weighted by Crippen LogP contribution is -2.41. The smallest absolute Gasteiger partial charge is 0.326 e. The molecule has 20 heavy (non-hydrogen) atoms. The Hall–Kier alpha value is -1.69. The second-order valence-corrected chi connectivity index (χ2v) is 5.32. The zero-order chi connectivity index (χ0) is 15.1. The van der Waals surface area contributed by atoms with Crippen LogP contribution >= 0.6 is 11.8 Å². The van der Waals surface area contributed by atoms with E-state index in [0.717, 1.165) is 5.56 Å². The van der Waals surface area contributed by atoms with E-state index in [2.05, 4.69) is 5.32 Å². The summed E-state index contributed by atoms with van der Waals surface area (Å²) in [6.45, 7) is 1.87. The second kappa shape index (κ2) is 7.79. The topological polar surface area (TPSA) is 75.6 Å². The van der Waals surface area contributed by atoms with Crippen LogP contribution in [0.4, 0.5) is 0 Å². The van der Waals surface area contributed by atoms with Crippen LogP contribution in [0.25, 0.3) is 0 Å². The highest BCUT2D eigenvalue weighted by atomic mass is 32.2. The van der Waals surface area contributed by atoms with Crippen molar-refractivity contribution in [2.75, 3.05) is 19.1 Å². The lowest BCUT2D eigenvalue weighted by molar-refractivity contribution is -0.139. The number of carbonyl (C=O) groups excluding carboxylic acids is 1. The third kappa shape index (κ3) is 4.45. The van der Waals surface area contributed by atoms with E-state index in [0.29, 0.717) is 23.5 Å². The number of rotatable bonds is 7. The maximum Gasteiger partial charge on any atom is 0.326 e. The Morgan fingerprint density at radius 3 is 2.70 bits per heavy atom. The fourth-order valence-corrected chi connectivity index (χ4v) is 2.17. The van der Waals surface area contributed by atoms with E-state index in [1.165, 1.54) is 7.11 Å². The van der Waals surface area contributed by atoms with Crippen LogP contribution in [0.3, 0.4) is 0 Å². The molecule has 0 spiro atoms. The van der Waals surface area contributed by atoms with Crippen LogP contribution in [0.15, 0.2) is 18.2 Å². The summed E-state index contributed by atoms with van der Waals surface area (Å²) < 4.78 is 5.15. The summed E-state index contributed by atoms with van der Waals surface area (Å²) in [4.78, 5) is 23.2. The molecule has 0 radical (unpaired) electrons. The first-order chi connectivity index (χ1) is 9.49. The van der Waals surface area contributed by atoms with Gasteiger partial charge >= 0.3 is 5.97 Å². The number of hydrogen-bond donors (Lipinski definition) is 2. The highest BCUT2D eigenvalue weighted by molar-refractivity contribution is 7.98. The molecule has 0 aliphatic heterocycles. The monoisotopic (exact) mass is 297 g/mol. The molecule has 1 rings (SSSR count). The first-order valence-electron chi connectivity index (χ1n) is 6.16. The van der Waals surface area contributed by atoms with Crippen LogP contribution in [-0.2, 0) is 4.79 Å². The van der Waals surface area contributed by atoms with E-state index < -0.39 is 17.9 Å². The highest BCUT2D eigenvalue weighted by Gasteiger charge is 2.20. The maximum atomic E-state index is 12.1. The minimum absolute atomic E-state index is 0.392. The van der Waals surface area contributed by atoms with Gasteiger partial charge < -0.3 is 15.2 Å². The molecule has 0 aromatic heterocycles. The van der Waals surface area contributed by atoms with Crippen LogP contribution in [0.1, 0.15) is 22.3 Å². The molecule has 110 valence electrons. The summed E-state index contributed by atoms with van der Waals surface area (Å²) in [6, 6.07) is 4.16. The van der Waals surface area contributed by atoms with Gasteiger partial charge in [0.05, 0.1) is 7.11 Å². The number of aryl methyl sites for hydroxylation is 1. The quantitative estimate of drug-likeness (QED) is 0.804. The van der Waals surface area contributed by atoms with Gasteiger partial charge in [-0.25, -0.2) is 4.79 Å². The predicted octanol–water partition coefficient (Wildman–Crippen LogP) is 1.94. The Balaban J connectivity index is 2.80. The number of hydrogen-bond acceptors (Lipinski definition) is 4. The van der Waals surface area contributed by atoms with Gasteiger partial charge in [-0.05, 0) is 43.0 Å². The number of ether oxygens (including phenoxy) is 1. The summed E-state index contributed by atoms with van der Waals surface area (Å²) in [5.41, 5.74) is 1.31. The molecule has 6 heteroatoms. The van der Waals surface area contributed by atoms with E-state index in [-0.39, 0.29) is 0 Å². The van der Waals surface area contributed by atoms with Gasteiger partial charge in [0.25, 0.3) is 5.91 Å². The molecular weight excluding hydrogens is 278 g/mol. The van der Waals surface area contributed by atoms with Crippen LogP contribution in [0.2, 0.25) is 0 Å². The molecule has 0 heterocycles. The van der Waals surface area contributed by atoms with Crippen LogP contribution < -0.4 is 10.1 Å². The number of carboxylic acids is 1. The highest BCUT2D eigenvalue weighted by Crippen LogP contribution is 2.19. The lowest BCUT2D eigenvalue weighted by atomic mass is 10.1. The zero-order valence-corrected chi connectivity index (χ0v) is 12.6. The Morgan fingerprint density at radius 2 is 2.15 bits per heavy atom. The van der Waals surface area contributed by atoms with Crippen molar-refractivity contribution >= 4 is 23.6 Å². The minimum atomic E-state index is -1.02. The van der Waals surface area contributed by atoms with E-state index in [1.807, 2.05) is 13.2 Å². The Morgan fingerprint density at radius 1 is 1.45 bits per heavy atom. The molecule has 2 N–H and O–H groups in total. The Bertz CT molecular complexity index is 490. The maximum absolute atomic E-state index is 12.1. The standard InChI is InChI=1S/C14H19NO4S/c1-9-4-5-10(8-12(9)19-2)13(16)15-11(14(17)18)6-7-20-3/h4-5,8,11H,6-7H2,1-3H3,(H,15,16)(H,17,18)/t11-/m1/s1. The van der Waals surface area contributed by atoms with Crippen molar-refractivity contribution in [2.45, 2.75) is 19.4 Å². The van der Waals surface area contributed by atoms with Crippen molar-refractivity contribution in [1.29, 1.82) is 0 Å². The predicted molar refractivity (Wildman–Crippen MR) is 79.6 cm³/mol. The largest absolute Gasteiger partial charge is 0.496 e. The fraction of sp³-hybridized carbons (Fsp3) is 0.429. The van der Waals surface area contributed by atoms with Gasteiger partial charge in [-0.15, -0.1) is 0 Å². The number of amides is 1. The second-order valence-electron chi connectivity index (χ2n) is 4.33. The van der Waals surface area contributed by atoms with Gasteiger partial charge in [-0.2, -0.15) is 11.8 Å². The molecule has 0 unspecified atom stereocenters. The molecule has 1 atom stereocenters. The van der Waals surface area contributed by atoms with Crippen molar-refractivity contribution in [2.24, 2.45) is 0 Å². The molecule has 5 nitrogen and oxygen atoms in total. The van der Waals surface area contributed by atoms with E-state index >= 15 is 0 Å². The molecule has 1 aromatic carbocycles. The molecule has 0 bridgehead atoms. The van der Waals surface area contributed by atoms with E-state index in [4.69, 9.17) is 9.84 Å². The molecule has 0 fully saturated rings. The third-order valence-electron chi connectivity index (χ3n) is 2.88. The van der Waals surface area contributed by atoms with Crippen molar-refractivity contribution < 1.29 is 19.4 Å². The summed E-state index contributed by atoms with van der Waals surface area (Å²) in [6.07, 6.45) is 2.29. The third-order valence-corrected chi connectivity index (χ3v) is 3.53. The average Bonchev–Trinajstić information content (AvgIpc) is 2.43. The van der Waals surface area contributed by atoms with Gasteiger partial charge in [0.1, 0.15) is 11.8 Å². The van der Waals surface area contributed by atoms with Gasteiger partial charge in [-0.1, -0.05) is 6.07 Å². The normalized spacial score (nSPS) is 11.8. The summed E-state index contributed by atoms with van der Waals surface area (Å²) in [7, 11) is 1.53. The van der Waals surface area contributed by atoms with Gasteiger partial charge in [0.15, 0.2) is 0 Å². The molecular formula is C14H19NO4S. The van der Waals surface area contributed by atoms with E-state index in [1.54, 1.807) is 30.0 Å². The number of nitrogens with one attached hydrogen (secondary N) is 1. The molecule has 1 amide bonds. The van der Waals surface area contributed by atoms with Gasteiger partial charge in [-0.3, -0.25) is 4.79 Å².